The van der Waals surface area contributed by atoms with Crippen molar-refractivity contribution in [1.82, 2.24) is 10.6 Å². The summed E-state index contributed by atoms with van der Waals surface area (Å²) in [5, 5.41) is 5.55. The standard InChI is InChI=1S/C13H18F2N2O/c1-9(8-16-2)13(18)17-7-6-10-11(14)4-3-5-12(10)15/h3-5,9,16H,6-8H2,1-2H3,(H,17,18). The molecular weight excluding hydrogens is 238 g/mol. The van der Waals surface area contributed by atoms with Crippen LogP contribution in [0.4, 0.5) is 8.78 Å². The van der Waals surface area contributed by atoms with Crippen LogP contribution in [-0.4, -0.2) is 26.0 Å². The van der Waals surface area contributed by atoms with E-state index in [-0.39, 0.29) is 30.4 Å². The molecule has 3 nitrogen and oxygen atoms in total. The van der Waals surface area contributed by atoms with Crippen LogP contribution in [0.1, 0.15) is 12.5 Å². The Labute approximate surface area is 106 Å². The molecule has 0 aliphatic carbocycles. The van der Waals surface area contributed by atoms with Crippen LogP contribution in [0.15, 0.2) is 18.2 Å². The Bertz CT molecular complexity index is 390. The lowest BCUT2D eigenvalue weighted by Crippen LogP contribution is -2.35. The Morgan fingerprint density at radius 2 is 1.94 bits per heavy atom. The van der Waals surface area contributed by atoms with Crippen molar-refractivity contribution in [1.29, 1.82) is 0 Å². The maximum atomic E-state index is 13.3. The molecule has 18 heavy (non-hydrogen) atoms. The van der Waals surface area contributed by atoms with E-state index in [9.17, 15) is 13.6 Å². The lowest BCUT2D eigenvalue weighted by molar-refractivity contribution is -0.124. The zero-order valence-corrected chi connectivity index (χ0v) is 10.6. The highest BCUT2D eigenvalue weighted by molar-refractivity contribution is 5.78. The molecule has 1 atom stereocenters. The van der Waals surface area contributed by atoms with Crippen molar-refractivity contribution in [3.8, 4) is 0 Å². The second kappa shape index (κ2) is 7.06. The SMILES string of the molecule is CNCC(C)C(=O)NCCc1c(F)cccc1F. The normalized spacial score (nSPS) is 12.2. The van der Waals surface area contributed by atoms with E-state index < -0.39 is 11.6 Å². The number of halogens is 2. The third-order valence-electron chi connectivity index (χ3n) is 2.69. The van der Waals surface area contributed by atoms with Crippen LogP contribution in [0.25, 0.3) is 0 Å². The van der Waals surface area contributed by atoms with Crippen molar-refractivity contribution >= 4 is 5.91 Å². The molecule has 0 bridgehead atoms. The third-order valence-corrected chi connectivity index (χ3v) is 2.69. The van der Waals surface area contributed by atoms with Crippen LogP contribution < -0.4 is 10.6 Å². The molecule has 2 N–H and O–H groups in total. The molecule has 1 aromatic carbocycles. The van der Waals surface area contributed by atoms with Crippen molar-refractivity contribution < 1.29 is 13.6 Å². The van der Waals surface area contributed by atoms with E-state index in [0.717, 1.165) is 0 Å². The molecule has 0 saturated heterocycles. The Morgan fingerprint density at radius 1 is 1.33 bits per heavy atom. The molecule has 1 amide bonds. The number of amides is 1. The zero-order chi connectivity index (χ0) is 13.5. The van der Waals surface area contributed by atoms with Crippen LogP contribution in [0.3, 0.4) is 0 Å². The van der Waals surface area contributed by atoms with E-state index in [4.69, 9.17) is 0 Å². The zero-order valence-electron chi connectivity index (χ0n) is 10.6. The van der Waals surface area contributed by atoms with Gasteiger partial charge in [-0.2, -0.15) is 0 Å². The van der Waals surface area contributed by atoms with Gasteiger partial charge in [0.15, 0.2) is 0 Å². The number of carbonyl (C=O) groups excluding carboxylic acids is 1. The highest BCUT2D eigenvalue weighted by Crippen LogP contribution is 2.12. The predicted molar refractivity (Wildman–Crippen MR) is 66.2 cm³/mol. The molecule has 0 heterocycles. The molecule has 100 valence electrons. The summed E-state index contributed by atoms with van der Waals surface area (Å²) in [6, 6.07) is 3.75. The molecular formula is C13H18F2N2O. The third kappa shape index (κ3) is 4.07. The quantitative estimate of drug-likeness (QED) is 0.809. The van der Waals surface area contributed by atoms with Gasteiger partial charge in [-0.1, -0.05) is 13.0 Å². The van der Waals surface area contributed by atoms with E-state index >= 15 is 0 Å². The fourth-order valence-electron chi connectivity index (χ4n) is 1.65. The lowest BCUT2D eigenvalue weighted by Gasteiger charge is -2.11. The topological polar surface area (TPSA) is 41.1 Å². The van der Waals surface area contributed by atoms with Crippen LogP contribution in [-0.2, 0) is 11.2 Å². The van der Waals surface area contributed by atoms with Crippen molar-refractivity contribution in [2.24, 2.45) is 5.92 Å². The second-order valence-corrected chi connectivity index (χ2v) is 4.20. The summed E-state index contributed by atoms with van der Waals surface area (Å²) in [6.07, 6.45) is 0.149. The van der Waals surface area contributed by atoms with E-state index in [2.05, 4.69) is 10.6 Å². The Hall–Kier alpha value is -1.49. The summed E-state index contributed by atoms with van der Waals surface area (Å²) >= 11 is 0. The number of rotatable bonds is 6. The lowest BCUT2D eigenvalue weighted by atomic mass is 10.1. The summed E-state index contributed by atoms with van der Waals surface area (Å²) in [7, 11) is 1.76. The van der Waals surface area contributed by atoms with Crippen LogP contribution in [0.5, 0.6) is 0 Å². The number of hydrogen-bond acceptors (Lipinski definition) is 2. The number of benzene rings is 1. The first kappa shape index (κ1) is 14.6. The minimum Gasteiger partial charge on any atom is -0.355 e. The fraction of sp³-hybridized carbons (Fsp3) is 0.462. The van der Waals surface area contributed by atoms with Gasteiger partial charge in [-0.25, -0.2) is 8.78 Å². The fourth-order valence-corrected chi connectivity index (χ4v) is 1.65. The van der Waals surface area contributed by atoms with Gasteiger partial charge < -0.3 is 10.6 Å². The monoisotopic (exact) mass is 256 g/mol. The minimum atomic E-state index is -0.576. The first-order valence-corrected chi connectivity index (χ1v) is 5.91. The van der Waals surface area contributed by atoms with E-state index in [1.165, 1.54) is 18.2 Å². The summed E-state index contributed by atoms with van der Waals surface area (Å²) in [6.45, 7) is 2.58. The van der Waals surface area contributed by atoms with Gasteiger partial charge in [-0.15, -0.1) is 0 Å². The van der Waals surface area contributed by atoms with Gasteiger partial charge in [0.05, 0.1) is 0 Å². The van der Waals surface area contributed by atoms with Gasteiger partial charge in [0, 0.05) is 24.6 Å². The number of nitrogens with one attached hydrogen (secondary N) is 2. The maximum Gasteiger partial charge on any atom is 0.224 e. The molecule has 0 saturated carbocycles. The summed E-state index contributed by atoms with van der Waals surface area (Å²) in [5.41, 5.74) is 0.0130. The summed E-state index contributed by atoms with van der Waals surface area (Å²) in [5.74, 6) is -1.44. The minimum absolute atomic E-state index is 0.0130. The van der Waals surface area contributed by atoms with Crippen LogP contribution >= 0.6 is 0 Å². The van der Waals surface area contributed by atoms with Crippen molar-refractivity contribution in [3.05, 3.63) is 35.4 Å². The van der Waals surface area contributed by atoms with Gasteiger partial charge in [0.1, 0.15) is 11.6 Å². The molecule has 0 spiro atoms. The van der Waals surface area contributed by atoms with Gasteiger partial charge in [0.25, 0.3) is 0 Å². The van der Waals surface area contributed by atoms with E-state index in [1.807, 2.05) is 0 Å². The maximum absolute atomic E-state index is 13.3. The van der Waals surface area contributed by atoms with Crippen LogP contribution in [0, 0.1) is 17.6 Å². The average Bonchev–Trinajstić information content (AvgIpc) is 2.33. The smallest absolute Gasteiger partial charge is 0.224 e. The molecule has 1 rings (SSSR count). The van der Waals surface area contributed by atoms with Gasteiger partial charge in [0.2, 0.25) is 5.91 Å². The molecule has 0 aliphatic heterocycles. The highest BCUT2D eigenvalue weighted by Gasteiger charge is 2.12. The van der Waals surface area contributed by atoms with E-state index in [1.54, 1.807) is 14.0 Å². The van der Waals surface area contributed by atoms with Crippen molar-refractivity contribution in [3.63, 3.8) is 0 Å². The molecule has 0 radical (unpaired) electrons. The van der Waals surface area contributed by atoms with Crippen molar-refractivity contribution in [2.75, 3.05) is 20.1 Å². The molecule has 0 aromatic heterocycles. The van der Waals surface area contributed by atoms with Gasteiger partial charge in [-0.3, -0.25) is 4.79 Å². The number of carbonyl (C=O) groups is 1. The first-order valence-electron chi connectivity index (χ1n) is 5.91. The summed E-state index contributed by atoms with van der Waals surface area (Å²) in [4.78, 5) is 11.6. The van der Waals surface area contributed by atoms with Gasteiger partial charge >= 0.3 is 0 Å². The number of hydrogen-bond donors (Lipinski definition) is 2. The average molecular weight is 256 g/mol. The Kier molecular flexibility index (Phi) is 5.71. The molecule has 0 fully saturated rings. The molecule has 1 aromatic rings. The second-order valence-electron chi connectivity index (χ2n) is 4.20. The molecule has 1 unspecified atom stereocenters. The van der Waals surface area contributed by atoms with Crippen molar-refractivity contribution in [2.45, 2.75) is 13.3 Å². The molecule has 5 heteroatoms. The molecule has 0 aliphatic rings. The van der Waals surface area contributed by atoms with E-state index in [0.29, 0.717) is 6.54 Å². The predicted octanol–water partition coefficient (Wildman–Crippen LogP) is 1.48. The van der Waals surface area contributed by atoms with Crippen LogP contribution in [0.2, 0.25) is 0 Å². The summed E-state index contributed by atoms with van der Waals surface area (Å²) < 4.78 is 26.6. The Balaban J connectivity index is 2.44. The van der Waals surface area contributed by atoms with Gasteiger partial charge in [-0.05, 0) is 25.6 Å². The largest absolute Gasteiger partial charge is 0.355 e. The first-order chi connectivity index (χ1) is 8.56. The highest BCUT2D eigenvalue weighted by atomic mass is 19.1. The Morgan fingerprint density at radius 3 is 2.50 bits per heavy atom.